The number of hydrogen-bond donors (Lipinski definition) is 0. The molecule has 5 nitrogen and oxygen atoms in total. The summed E-state index contributed by atoms with van der Waals surface area (Å²) in [5.41, 5.74) is 2.60. The second-order valence-corrected chi connectivity index (χ2v) is 5.32. The van der Waals surface area contributed by atoms with Gasteiger partial charge in [-0.1, -0.05) is 36.8 Å². The zero-order valence-corrected chi connectivity index (χ0v) is 12.7. The summed E-state index contributed by atoms with van der Waals surface area (Å²) in [4.78, 5) is 2.27. The van der Waals surface area contributed by atoms with E-state index in [1.165, 1.54) is 11.1 Å². The van der Waals surface area contributed by atoms with Crippen LogP contribution in [0.3, 0.4) is 0 Å². The second-order valence-electron chi connectivity index (χ2n) is 5.32. The van der Waals surface area contributed by atoms with Crippen LogP contribution in [0.4, 0.5) is 0 Å². The Kier molecular flexibility index (Phi) is 4.84. The molecular formula is C15H23N5. The molecule has 0 bridgehead atoms. The minimum absolute atomic E-state index is 0.336. The molecule has 1 aromatic carbocycles. The van der Waals surface area contributed by atoms with E-state index < -0.39 is 0 Å². The highest BCUT2D eigenvalue weighted by molar-refractivity contribution is 5.23. The molecule has 1 unspecified atom stereocenters. The summed E-state index contributed by atoms with van der Waals surface area (Å²) >= 11 is 0. The van der Waals surface area contributed by atoms with Crippen LogP contribution in [0.2, 0.25) is 0 Å². The summed E-state index contributed by atoms with van der Waals surface area (Å²) in [5.74, 6) is 0.924. The van der Waals surface area contributed by atoms with Crippen molar-refractivity contribution in [3.63, 3.8) is 0 Å². The van der Waals surface area contributed by atoms with Gasteiger partial charge in [0.1, 0.15) is 0 Å². The van der Waals surface area contributed by atoms with E-state index in [4.69, 9.17) is 0 Å². The Bertz CT molecular complexity index is 531. The smallest absolute Gasteiger partial charge is 0.165 e. The maximum absolute atomic E-state index is 4.13. The van der Waals surface area contributed by atoms with Crippen molar-refractivity contribution in [3.8, 4) is 0 Å². The lowest BCUT2D eigenvalue weighted by molar-refractivity contribution is 0.241. The summed E-state index contributed by atoms with van der Waals surface area (Å²) in [6.07, 6.45) is 1.04. The van der Waals surface area contributed by atoms with E-state index in [1.54, 1.807) is 0 Å². The minimum atomic E-state index is 0.336. The van der Waals surface area contributed by atoms with E-state index >= 15 is 0 Å². The highest BCUT2D eigenvalue weighted by Gasteiger charge is 2.15. The molecule has 0 N–H and O–H groups in total. The van der Waals surface area contributed by atoms with Crippen LogP contribution in [0.1, 0.15) is 43.3 Å². The van der Waals surface area contributed by atoms with E-state index in [1.807, 2.05) is 4.68 Å². The molecule has 0 aliphatic heterocycles. The monoisotopic (exact) mass is 273 g/mol. The highest BCUT2D eigenvalue weighted by atomic mass is 15.5. The lowest BCUT2D eigenvalue weighted by Gasteiger charge is -2.24. The van der Waals surface area contributed by atoms with Crippen LogP contribution < -0.4 is 0 Å². The Labute approximate surface area is 120 Å². The van der Waals surface area contributed by atoms with Crippen LogP contribution in [0.25, 0.3) is 0 Å². The first-order valence-electron chi connectivity index (χ1n) is 7.13. The van der Waals surface area contributed by atoms with Crippen molar-refractivity contribution >= 4 is 0 Å². The van der Waals surface area contributed by atoms with Gasteiger partial charge < -0.3 is 0 Å². The molecule has 20 heavy (non-hydrogen) atoms. The maximum atomic E-state index is 4.13. The van der Waals surface area contributed by atoms with Crippen LogP contribution in [0.5, 0.6) is 0 Å². The lowest BCUT2D eigenvalue weighted by Crippen LogP contribution is -2.24. The average Bonchev–Trinajstić information content (AvgIpc) is 2.86. The van der Waals surface area contributed by atoms with Gasteiger partial charge in [-0.25, -0.2) is 4.68 Å². The Morgan fingerprint density at radius 3 is 2.60 bits per heavy atom. The maximum Gasteiger partial charge on any atom is 0.165 e. The summed E-state index contributed by atoms with van der Waals surface area (Å²) < 4.78 is 1.89. The largest absolute Gasteiger partial charge is 0.292 e. The van der Waals surface area contributed by atoms with Crippen LogP contribution >= 0.6 is 0 Å². The Hall–Kier alpha value is -1.75. The number of aryl methyl sites for hydroxylation is 2. The molecule has 0 amide bonds. The lowest BCUT2D eigenvalue weighted by atomic mass is 10.1. The molecule has 2 rings (SSSR count). The van der Waals surface area contributed by atoms with E-state index in [0.29, 0.717) is 6.04 Å². The van der Waals surface area contributed by atoms with Gasteiger partial charge in [-0.05, 0) is 43.3 Å². The van der Waals surface area contributed by atoms with Crippen LogP contribution in [-0.4, -0.2) is 32.2 Å². The molecule has 0 aliphatic carbocycles. The van der Waals surface area contributed by atoms with Gasteiger partial charge in [0, 0.05) is 12.6 Å². The van der Waals surface area contributed by atoms with Gasteiger partial charge in [-0.15, -0.1) is 5.10 Å². The third-order valence-electron chi connectivity index (χ3n) is 3.65. The minimum Gasteiger partial charge on any atom is -0.292 e. The summed E-state index contributed by atoms with van der Waals surface area (Å²) in [7, 11) is 2.11. The van der Waals surface area contributed by atoms with Gasteiger partial charge >= 0.3 is 0 Å². The Morgan fingerprint density at radius 2 is 1.95 bits per heavy atom. The summed E-state index contributed by atoms with van der Waals surface area (Å²) in [6.45, 7) is 8.07. The van der Waals surface area contributed by atoms with Gasteiger partial charge in [-0.3, -0.25) is 4.90 Å². The first-order chi connectivity index (χ1) is 9.61. The molecule has 0 saturated carbocycles. The van der Waals surface area contributed by atoms with Gasteiger partial charge in [-0.2, -0.15) is 0 Å². The number of hydrogen-bond acceptors (Lipinski definition) is 4. The molecular weight excluding hydrogens is 250 g/mol. The number of nitrogens with zero attached hydrogens (tertiary/aromatic N) is 5. The third-order valence-corrected chi connectivity index (χ3v) is 3.65. The quantitative estimate of drug-likeness (QED) is 0.811. The predicted molar refractivity (Wildman–Crippen MR) is 79.2 cm³/mol. The van der Waals surface area contributed by atoms with Gasteiger partial charge in [0.05, 0.1) is 6.54 Å². The van der Waals surface area contributed by atoms with Gasteiger partial charge in [0.25, 0.3) is 0 Å². The number of benzene rings is 1. The molecule has 0 saturated heterocycles. The fourth-order valence-corrected chi connectivity index (χ4v) is 2.18. The fourth-order valence-electron chi connectivity index (χ4n) is 2.18. The number of aromatic nitrogens is 4. The molecule has 0 fully saturated rings. The zero-order chi connectivity index (χ0) is 14.5. The van der Waals surface area contributed by atoms with Gasteiger partial charge in [0.2, 0.25) is 0 Å². The second kappa shape index (κ2) is 6.61. The highest BCUT2D eigenvalue weighted by Crippen LogP contribution is 2.20. The fraction of sp³-hybridized carbons (Fsp3) is 0.533. The molecule has 0 spiro atoms. The van der Waals surface area contributed by atoms with Crippen molar-refractivity contribution < 1.29 is 0 Å². The van der Waals surface area contributed by atoms with E-state index in [9.17, 15) is 0 Å². The summed E-state index contributed by atoms with van der Waals surface area (Å²) in [5, 5.41) is 11.9. The van der Waals surface area contributed by atoms with Gasteiger partial charge in [0.15, 0.2) is 5.82 Å². The Balaban J connectivity index is 2.05. The van der Waals surface area contributed by atoms with E-state index in [-0.39, 0.29) is 0 Å². The van der Waals surface area contributed by atoms with Crippen molar-refractivity contribution in [2.75, 3.05) is 7.05 Å². The van der Waals surface area contributed by atoms with Crippen molar-refractivity contribution in [1.82, 2.24) is 25.1 Å². The first kappa shape index (κ1) is 14.7. The normalized spacial score (nSPS) is 12.8. The van der Waals surface area contributed by atoms with Crippen molar-refractivity contribution in [2.24, 2.45) is 0 Å². The molecule has 5 heteroatoms. The van der Waals surface area contributed by atoms with Crippen molar-refractivity contribution in [1.29, 1.82) is 0 Å². The molecule has 1 aromatic heterocycles. The number of tetrazole rings is 1. The van der Waals surface area contributed by atoms with Crippen LogP contribution in [0.15, 0.2) is 24.3 Å². The average molecular weight is 273 g/mol. The van der Waals surface area contributed by atoms with Crippen molar-refractivity contribution in [3.05, 3.63) is 41.2 Å². The first-order valence-corrected chi connectivity index (χ1v) is 7.13. The molecule has 2 aromatic rings. The molecule has 0 radical (unpaired) electrons. The predicted octanol–water partition coefficient (Wildman–Crippen LogP) is 2.58. The summed E-state index contributed by atoms with van der Waals surface area (Å²) in [6, 6.07) is 9.01. The topological polar surface area (TPSA) is 46.8 Å². The van der Waals surface area contributed by atoms with Crippen LogP contribution in [-0.2, 0) is 13.1 Å². The zero-order valence-electron chi connectivity index (χ0n) is 12.7. The van der Waals surface area contributed by atoms with Crippen molar-refractivity contribution in [2.45, 2.75) is 46.3 Å². The standard InChI is InChI=1S/C15H23N5/c1-5-10-20-15(16-17-18-20)11-19(4)13(3)14-8-6-12(2)7-9-14/h6-9,13H,5,10-11H2,1-4H3. The molecule has 108 valence electrons. The molecule has 1 heterocycles. The van der Waals surface area contributed by atoms with Crippen LogP contribution in [0, 0.1) is 6.92 Å². The number of rotatable bonds is 6. The SMILES string of the molecule is CCCn1nnnc1CN(C)C(C)c1ccc(C)cc1. The third kappa shape index (κ3) is 3.42. The molecule has 0 aliphatic rings. The van der Waals surface area contributed by atoms with E-state index in [2.05, 4.69) is 72.5 Å². The molecule has 1 atom stereocenters. The Morgan fingerprint density at radius 1 is 1.25 bits per heavy atom. The van der Waals surface area contributed by atoms with E-state index in [0.717, 1.165) is 25.3 Å².